The summed E-state index contributed by atoms with van der Waals surface area (Å²) in [6, 6.07) is 18.7. The number of aliphatic hydroxyl groups excluding tert-OH is 1. The first-order chi connectivity index (χ1) is 13.2. The molecule has 0 aromatic heterocycles. The number of carbonyl (C=O) groups is 2. The Morgan fingerprint density at radius 3 is 1.93 bits per heavy atom. The highest BCUT2D eigenvalue weighted by molar-refractivity contribution is 7.95. The van der Waals surface area contributed by atoms with Crippen molar-refractivity contribution in [3.05, 3.63) is 71.8 Å². The largest absolute Gasteiger partial charge is 0.395 e. The molecule has 140 valence electrons. The van der Waals surface area contributed by atoms with Crippen LogP contribution in [-0.2, 0) is 14.3 Å². The monoisotopic (exact) mass is 384 g/mol. The van der Waals surface area contributed by atoms with E-state index in [0.29, 0.717) is 0 Å². The zero-order chi connectivity index (χ0) is 19.0. The van der Waals surface area contributed by atoms with Crippen molar-refractivity contribution in [1.29, 1.82) is 0 Å². The molecule has 6 nitrogen and oxygen atoms in total. The summed E-state index contributed by atoms with van der Waals surface area (Å²) >= 11 is 1.11. The molecule has 4 rings (SSSR count). The first kappa shape index (κ1) is 18.0. The second kappa shape index (κ2) is 7.34. The highest BCUT2D eigenvalue weighted by Crippen LogP contribution is 2.50. The molecular weight excluding hydrogens is 364 g/mol. The van der Waals surface area contributed by atoms with Crippen LogP contribution in [0.15, 0.2) is 60.7 Å². The Morgan fingerprint density at radius 2 is 1.41 bits per heavy atom. The summed E-state index contributed by atoms with van der Waals surface area (Å²) < 4.78 is 8.53. The van der Waals surface area contributed by atoms with Gasteiger partial charge in [-0.1, -0.05) is 60.7 Å². The van der Waals surface area contributed by atoms with E-state index >= 15 is 0 Å². The van der Waals surface area contributed by atoms with E-state index in [1.54, 1.807) is 8.61 Å². The highest BCUT2D eigenvalue weighted by atomic mass is 32.2. The molecule has 2 amide bonds. The van der Waals surface area contributed by atoms with Gasteiger partial charge in [-0.2, -0.15) is 0 Å². The van der Waals surface area contributed by atoms with Crippen molar-refractivity contribution in [2.75, 3.05) is 13.7 Å². The van der Waals surface area contributed by atoms with Crippen LogP contribution in [-0.4, -0.2) is 45.4 Å². The van der Waals surface area contributed by atoms with E-state index in [-0.39, 0.29) is 30.5 Å². The maximum atomic E-state index is 12.5. The second-order valence-electron chi connectivity index (χ2n) is 6.57. The Kier molecular flexibility index (Phi) is 4.90. The lowest BCUT2D eigenvalue weighted by Gasteiger charge is -2.52. The number of aliphatic hydroxyl groups is 1. The molecule has 4 atom stereocenters. The van der Waals surface area contributed by atoms with Crippen LogP contribution in [0.2, 0.25) is 0 Å². The quantitative estimate of drug-likeness (QED) is 0.612. The van der Waals surface area contributed by atoms with Gasteiger partial charge < -0.3 is 9.84 Å². The molecule has 0 unspecified atom stereocenters. The third kappa shape index (κ3) is 2.92. The molecule has 0 radical (unpaired) electrons. The van der Waals surface area contributed by atoms with Crippen molar-refractivity contribution in [1.82, 2.24) is 8.61 Å². The lowest BCUT2D eigenvalue weighted by molar-refractivity contribution is -0.159. The van der Waals surface area contributed by atoms with E-state index in [1.165, 1.54) is 7.11 Å². The molecule has 2 fully saturated rings. The van der Waals surface area contributed by atoms with Gasteiger partial charge in [0.2, 0.25) is 5.91 Å². The zero-order valence-corrected chi connectivity index (χ0v) is 15.6. The van der Waals surface area contributed by atoms with Crippen LogP contribution >= 0.6 is 12.1 Å². The Balaban J connectivity index is 1.58. The minimum atomic E-state index is -0.555. The first-order valence-electron chi connectivity index (χ1n) is 8.75. The van der Waals surface area contributed by atoms with E-state index in [9.17, 15) is 14.7 Å². The summed E-state index contributed by atoms with van der Waals surface area (Å²) in [4.78, 5) is 25.1. The Bertz CT molecular complexity index is 763. The van der Waals surface area contributed by atoms with Crippen molar-refractivity contribution in [3.8, 4) is 0 Å². The van der Waals surface area contributed by atoms with Crippen molar-refractivity contribution in [2.45, 2.75) is 18.2 Å². The summed E-state index contributed by atoms with van der Waals surface area (Å²) in [5.41, 5.74) is 1.90. The fourth-order valence-corrected chi connectivity index (χ4v) is 4.91. The molecule has 2 saturated heterocycles. The molecule has 1 N–H and O–H groups in total. The van der Waals surface area contributed by atoms with Crippen molar-refractivity contribution in [3.63, 3.8) is 0 Å². The number of benzene rings is 2. The smallest absolute Gasteiger partial charge is 0.266 e. The van der Waals surface area contributed by atoms with Gasteiger partial charge in [-0.05, 0) is 11.1 Å². The van der Waals surface area contributed by atoms with Gasteiger partial charge >= 0.3 is 0 Å². The number of ether oxygens (including phenoxy) is 1. The molecule has 2 aromatic carbocycles. The maximum absolute atomic E-state index is 12.5. The Morgan fingerprint density at radius 1 is 0.889 bits per heavy atom. The fourth-order valence-electron chi connectivity index (χ4n) is 3.62. The normalized spacial score (nSPS) is 27.3. The number of methoxy groups -OCH3 is 1. The zero-order valence-electron chi connectivity index (χ0n) is 14.8. The number of amides is 2. The predicted octanol–water partition coefficient (Wildman–Crippen LogP) is 2.34. The predicted molar refractivity (Wildman–Crippen MR) is 101 cm³/mol. The second-order valence-corrected chi connectivity index (χ2v) is 7.52. The Hall–Kier alpha value is -2.35. The van der Waals surface area contributed by atoms with Crippen molar-refractivity contribution in [2.24, 2.45) is 5.92 Å². The standard InChI is InChI=1S/C20H20N2O4S/c1-26-18-17(14-10-6-3-7-11-14)22(20(18)25)27-21-16(15(12-23)19(21)24)13-8-4-2-5-9-13/h2-11,15-18,23H,12H2,1H3/t15-,16+,17+,18-/m1/s1. The molecule has 0 saturated carbocycles. The lowest BCUT2D eigenvalue weighted by atomic mass is 9.86. The van der Waals surface area contributed by atoms with Gasteiger partial charge in [-0.15, -0.1) is 0 Å². The summed E-state index contributed by atoms with van der Waals surface area (Å²) in [6.07, 6.45) is -0.555. The van der Waals surface area contributed by atoms with Crippen LogP contribution in [0.3, 0.4) is 0 Å². The molecule has 0 bridgehead atoms. The molecular formula is C20H20N2O4S. The van der Waals surface area contributed by atoms with E-state index in [0.717, 1.165) is 23.3 Å². The number of β-lactam (4-membered cyclic amide) rings is 2. The molecule has 7 heteroatoms. The first-order valence-corrected chi connectivity index (χ1v) is 9.48. The van der Waals surface area contributed by atoms with Crippen LogP contribution < -0.4 is 0 Å². The van der Waals surface area contributed by atoms with Crippen LogP contribution in [0.25, 0.3) is 0 Å². The van der Waals surface area contributed by atoms with Gasteiger partial charge in [0.15, 0.2) is 6.10 Å². The molecule has 2 aromatic rings. The van der Waals surface area contributed by atoms with Crippen LogP contribution in [0, 0.1) is 5.92 Å². The maximum Gasteiger partial charge on any atom is 0.266 e. The average molecular weight is 384 g/mol. The summed E-state index contributed by atoms with van der Waals surface area (Å²) in [7, 11) is 1.52. The van der Waals surface area contributed by atoms with Gasteiger partial charge in [-0.3, -0.25) is 18.2 Å². The van der Waals surface area contributed by atoms with Crippen molar-refractivity contribution < 1.29 is 19.4 Å². The van der Waals surface area contributed by atoms with Gasteiger partial charge in [0.25, 0.3) is 5.91 Å². The summed E-state index contributed by atoms with van der Waals surface area (Å²) in [5, 5.41) is 9.62. The molecule has 0 spiro atoms. The average Bonchev–Trinajstić information content (AvgIpc) is 2.71. The van der Waals surface area contributed by atoms with E-state index in [4.69, 9.17) is 4.74 Å². The van der Waals surface area contributed by atoms with E-state index in [1.807, 2.05) is 60.7 Å². The molecule has 2 aliphatic rings. The minimum Gasteiger partial charge on any atom is -0.395 e. The van der Waals surface area contributed by atoms with E-state index < -0.39 is 12.0 Å². The third-order valence-corrected chi connectivity index (χ3v) is 6.24. The fraction of sp³-hybridized carbons (Fsp3) is 0.300. The van der Waals surface area contributed by atoms with Crippen LogP contribution in [0.1, 0.15) is 23.2 Å². The Labute approximate surface area is 162 Å². The van der Waals surface area contributed by atoms with Crippen LogP contribution in [0.4, 0.5) is 0 Å². The van der Waals surface area contributed by atoms with Gasteiger partial charge in [0.1, 0.15) is 6.04 Å². The molecule has 2 heterocycles. The SMILES string of the molecule is CO[C@H]1C(=O)N(SN2C(=O)[C@H](CO)[C@@H]2c2ccccc2)[C@H]1c1ccccc1. The lowest BCUT2D eigenvalue weighted by Crippen LogP contribution is -2.60. The third-order valence-electron chi connectivity index (χ3n) is 5.08. The number of hydrogen-bond donors (Lipinski definition) is 1. The summed E-state index contributed by atoms with van der Waals surface area (Å²) in [5.74, 6) is -0.815. The van der Waals surface area contributed by atoms with E-state index in [2.05, 4.69) is 0 Å². The van der Waals surface area contributed by atoms with Gasteiger partial charge in [-0.25, -0.2) is 0 Å². The van der Waals surface area contributed by atoms with Crippen molar-refractivity contribution >= 4 is 23.9 Å². The molecule has 27 heavy (non-hydrogen) atoms. The number of rotatable bonds is 6. The highest BCUT2D eigenvalue weighted by Gasteiger charge is 2.55. The number of hydrogen-bond acceptors (Lipinski definition) is 5. The topological polar surface area (TPSA) is 70.1 Å². The number of carbonyl (C=O) groups excluding carboxylic acids is 2. The summed E-state index contributed by atoms with van der Waals surface area (Å²) in [6.45, 7) is -0.216. The molecule has 2 aliphatic heterocycles. The van der Waals surface area contributed by atoms with Gasteiger partial charge in [0, 0.05) is 7.11 Å². The molecule has 0 aliphatic carbocycles. The van der Waals surface area contributed by atoms with Crippen LogP contribution in [0.5, 0.6) is 0 Å². The number of nitrogens with zero attached hydrogens (tertiary/aromatic N) is 2. The minimum absolute atomic E-state index is 0.164. The van der Waals surface area contributed by atoms with Gasteiger partial charge in [0.05, 0.1) is 30.7 Å².